The van der Waals surface area contributed by atoms with Crippen LogP contribution in [0.2, 0.25) is 0 Å². The van der Waals surface area contributed by atoms with Crippen LogP contribution in [-0.4, -0.2) is 33.0 Å². The fourth-order valence-electron chi connectivity index (χ4n) is 1.98. The molecule has 0 aliphatic heterocycles. The first kappa shape index (κ1) is 15.8. The number of rotatable bonds is 7. The summed E-state index contributed by atoms with van der Waals surface area (Å²) >= 11 is 3.05. The van der Waals surface area contributed by atoms with Gasteiger partial charge in [0, 0.05) is 11.4 Å². The third-order valence-corrected chi connectivity index (χ3v) is 4.89. The summed E-state index contributed by atoms with van der Waals surface area (Å²) in [7, 11) is 0. The highest BCUT2D eigenvalue weighted by atomic mass is 32.2. The van der Waals surface area contributed by atoms with E-state index in [2.05, 4.69) is 21.5 Å². The molecule has 0 bridgehead atoms. The number of thiophene rings is 1. The van der Waals surface area contributed by atoms with Gasteiger partial charge in [-0.3, -0.25) is 4.79 Å². The quantitative estimate of drug-likeness (QED) is 0.670. The standard InChI is InChI=1S/C16H16N4OS2/c21-15(17-9-8-14-7-4-10-22-14)11-23-16-18-12-20(19-16)13-5-2-1-3-6-13/h1-7,10,12H,8-9,11H2,(H,17,21). The van der Waals surface area contributed by atoms with Gasteiger partial charge >= 0.3 is 0 Å². The molecule has 0 aliphatic rings. The van der Waals surface area contributed by atoms with E-state index in [0.717, 1.165) is 12.1 Å². The molecule has 5 nitrogen and oxygen atoms in total. The lowest BCUT2D eigenvalue weighted by Crippen LogP contribution is -2.27. The fourth-order valence-corrected chi connectivity index (χ4v) is 3.32. The maximum Gasteiger partial charge on any atom is 0.230 e. The first-order chi connectivity index (χ1) is 11.3. The van der Waals surface area contributed by atoms with E-state index in [4.69, 9.17) is 0 Å². The van der Waals surface area contributed by atoms with E-state index in [0.29, 0.717) is 17.5 Å². The van der Waals surface area contributed by atoms with Crippen molar-refractivity contribution in [2.75, 3.05) is 12.3 Å². The Balaban J connectivity index is 1.43. The maximum absolute atomic E-state index is 11.8. The average Bonchev–Trinajstić information content (AvgIpc) is 3.25. The largest absolute Gasteiger partial charge is 0.355 e. The summed E-state index contributed by atoms with van der Waals surface area (Å²) in [6, 6.07) is 13.9. The Morgan fingerprint density at radius 3 is 2.87 bits per heavy atom. The zero-order valence-electron chi connectivity index (χ0n) is 12.4. The molecule has 23 heavy (non-hydrogen) atoms. The van der Waals surface area contributed by atoms with E-state index in [-0.39, 0.29) is 5.91 Å². The van der Waals surface area contributed by atoms with Crippen molar-refractivity contribution < 1.29 is 4.79 Å². The molecule has 0 unspecified atom stereocenters. The third-order valence-electron chi connectivity index (χ3n) is 3.10. The summed E-state index contributed by atoms with van der Waals surface area (Å²) in [4.78, 5) is 17.3. The molecule has 2 heterocycles. The van der Waals surface area contributed by atoms with E-state index in [1.807, 2.05) is 41.8 Å². The highest BCUT2D eigenvalue weighted by Gasteiger charge is 2.07. The molecule has 3 aromatic rings. The SMILES string of the molecule is O=C(CSc1ncn(-c2ccccc2)n1)NCCc1cccs1. The Bertz CT molecular complexity index is 741. The lowest BCUT2D eigenvalue weighted by Gasteiger charge is -2.02. The first-order valence-electron chi connectivity index (χ1n) is 7.20. The highest BCUT2D eigenvalue weighted by molar-refractivity contribution is 7.99. The molecule has 3 rings (SSSR count). The lowest BCUT2D eigenvalue weighted by molar-refractivity contribution is -0.118. The number of carbonyl (C=O) groups excluding carboxylic acids is 1. The first-order valence-corrected chi connectivity index (χ1v) is 9.07. The van der Waals surface area contributed by atoms with Crippen molar-refractivity contribution in [2.45, 2.75) is 11.6 Å². The Hall–Kier alpha value is -2.12. The van der Waals surface area contributed by atoms with Crippen LogP contribution in [0.5, 0.6) is 0 Å². The van der Waals surface area contributed by atoms with Gasteiger partial charge in [-0.15, -0.1) is 16.4 Å². The van der Waals surface area contributed by atoms with Crippen LogP contribution in [0.15, 0.2) is 59.3 Å². The molecule has 0 saturated carbocycles. The molecule has 1 N–H and O–H groups in total. The second-order valence-corrected chi connectivity index (χ2v) is 6.75. The molecule has 1 aromatic carbocycles. The normalized spacial score (nSPS) is 10.6. The number of hydrogen-bond acceptors (Lipinski definition) is 5. The molecular weight excluding hydrogens is 328 g/mol. The Kier molecular flexibility index (Phi) is 5.44. The smallest absolute Gasteiger partial charge is 0.230 e. The van der Waals surface area contributed by atoms with Crippen LogP contribution in [0.3, 0.4) is 0 Å². The second-order valence-electron chi connectivity index (χ2n) is 4.78. The van der Waals surface area contributed by atoms with E-state index >= 15 is 0 Å². The summed E-state index contributed by atoms with van der Waals surface area (Å²) in [5.74, 6) is 0.325. The van der Waals surface area contributed by atoms with Crippen LogP contribution in [0.25, 0.3) is 5.69 Å². The van der Waals surface area contributed by atoms with Gasteiger partial charge in [-0.1, -0.05) is 36.0 Å². The van der Waals surface area contributed by atoms with Gasteiger partial charge in [0.15, 0.2) is 0 Å². The zero-order valence-corrected chi connectivity index (χ0v) is 14.0. The summed E-state index contributed by atoms with van der Waals surface area (Å²) in [5, 5.41) is 9.92. The van der Waals surface area contributed by atoms with Crippen molar-refractivity contribution in [3.05, 3.63) is 59.0 Å². The van der Waals surface area contributed by atoms with E-state index < -0.39 is 0 Å². The number of nitrogens with zero attached hydrogens (tertiary/aromatic N) is 3. The van der Waals surface area contributed by atoms with Crippen molar-refractivity contribution >= 4 is 29.0 Å². The number of amides is 1. The number of aromatic nitrogens is 3. The van der Waals surface area contributed by atoms with Gasteiger partial charge < -0.3 is 5.32 Å². The minimum absolute atomic E-state index is 0.00242. The van der Waals surface area contributed by atoms with Crippen LogP contribution in [0, 0.1) is 0 Å². The van der Waals surface area contributed by atoms with Gasteiger partial charge in [0.1, 0.15) is 6.33 Å². The van der Waals surface area contributed by atoms with Crippen LogP contribution in [-0.2, 0) is 11.2 Å². The number of para-hydroxylation sites is 1. The predicted molar refractivity (Wildman–Crippen MR) is 93.1 cm³/mol. The summed E-state index contributed by atoms with van der Waals surface area (Å²) < 4.78 is 1.71. The molecule has 0 fully saturated rings. The van der Waals surface area contributed by atoms with Gasteiger partial charge in [0.05, 0.1) is 11.4 Å². The van der Waals surface area contributed by atoms with Crippen LogP contribution in [0.1, 0.15) is 4.88 Å². The molecule has 2 aromatic heterocycles. The monoisotopic (exact) mass is 344 g/mol. The van der Waals surface area contributed by atoms with Gasteiger partial charge in [0.2, 0.25) is 11.1 Å². The Labute approximate surface area is 142 Å². The van der Waals surface area contributed by atoms with E-state index in [1.54, 1.807) is 22.3 Å². The van der Waals surface area contributed by atoms with Crippen molar-refractivity contribution in [3.8, 4) is 5.69 Å². The molecule has 0 saturated heterocycles. The fraction of sp³-hybridized carbons (Fsp3) is 0.188. The van der Waals surface area contributed by atoms with Gasteiger partial charge in [-0.05, 0) is 30.0 Å². The average molecular weight is 344 g/mol. The van der Waals surface area contributed by atoms with Gasteiger partial charge in [0.25, 0.3) is 0 Å². The van der Waals surface area contributed by atoms with Gasteiger partial charge in [-0.2, -0.15) is 0 Å². The molecule has 7 heteroatoms. The number of benzene rings is 1. The molecule has 0 aliphatic carbocycles. The van der Waals surface area contributed by atoms with E-state index in [1.165, 1.54) is 16.6 Å². The minimum Gasteiger partial charge on any atom is -0.355 e. The van der Waals surface area contributed by atoms with Crippen LogP contribution in [0.4, 0.5) is 0 Å². The molecule has 118 valence electrons. The molecular formula is C16H16N4OS2. The van der Waals surface area contributed by atoms with Crippen molar-refractivity contribution in [2.24, 2.45) is 0 Å². The number of nitrogens with one attached hydrogen (secondary N) is 1. The number of thioether (sulfide) groups is 1. The highest BCUT2D eigenvalue weighted by Crippen LogP contribution is 2.14. The molecule has 0 atom stereocenters. The van der Waals surface area contributed by atoms with E-state index in [9.17, 15) is 4.79 Å². The van der Waals surface area contributed by atoms with Crippen molar-refractivity contribution in [3.63, 3.8) is 0 Å². The predicted octanol–water partition coefficient (Wildman–Crippen LogP) is 2.78. The van der Waals surface area contributed by atoms with Crippen molar-refractivity contribution in [1.82, 2.24) is 20.1 Å². The Morgan fingerprint density at radius 2 is 2.09 bits per heavy atom. The molecule has 0 radical (unpaired) electrons. The van der Waals surface area contributed by atoms with Crippen LogP contribution >= 0.6 is 23.1 Å². The zero-order chi connectivity index (χ0) is 15.9. The summed E-state index contributed by atoms with van der Waals surface area (Å²) in [5.41, 5.74) is 0.951. The van der Waals surface area contributed by atoms with Crippen molar-refractivity contribution in [1.29, 1.82) is 0 Å². The topological polar surface area (TPSA) is 59.8 Å². The second kappa shape index (κ2) is 7.94. The number of hydrogen-bond donors (Lipinski definition) is 1. The third kappa shape index (κ3) is 4.67. The molecule has 0 spiro atoms. The maximum atomic E-state index is 11.8. The molecule has 1 amide bonds. The summed E-state index contributed by atoms with van der Waals surface area (Å²) in [6.45, 7) is 0.659. The Morgan fingerprint density at radius 1 is 1.22 bits per heavy atom. The van der Waals surface area contributed by atoms with Gasteiger partial charge in [-0.25, -0.2) is 9.67 Å². The van der Waals surface area contributed by atoms with Crippen LogP contribution < -0.4 is 5.32 Å². The summed E-state index contributed by atoms with van der Waals surface area (Å²) in [6.07, 6.45) is 2.53. The minimum atomic E-state index is 0.00242. The lowest BCUT2D eigenvalue weighted by atomic mass is 10.3. The number of carbonyl (C=O) groups is 1.